The summed E-state index contributed by atoms with van der Waals surface area (Å²) in [6.45, 7) is 8.98. The highest BCUT2D eigenvalue weighted by atomic mass is 16.5. The zero-order valence-corrected chi connectivity index (χ0v) is 17.8. The molecular formula is C23H31N3O3. The minimum atomic E-state index is -0.0199. The predicted octanol–water partition coefficient (Wildman–Crippen LogP) is 3.47. The molecule has 0 unspecified atom stereocenters. The zero-order valence-electron chi connectivity index (χ0n) is 17.8. The van der Waals surface area contributed by atoms with Gasteiger partial charge in [0.25, 0.3) is 0 Å². The van der Waals surface area contributed by atoms with Crippen LogP contribution < -0.4 is 19.7 Å². The molecule has 6 heteroatoms. The van der Waals surface area contributed by atoms with Crippen molar-refractivity contribution in [2.24, 2.45) is 0 Å². The molecule has 0 aromatic heterocycles. The van der Waals surface area contributed by atoms with Gasteiger partial charge in [-0.3, -0.25) is 9.69 Å². The summed E-state index contributed by atoms with van der Waals surface area (Å²) < 4.78 is 10.6. The molecule has 156 valence electrons. The van der Waals surface area contributed by atoms with E-state index in [9.17, 15) is 4.79 Å². The fourth-order valence-electron chi connectivity index (χ4n) is 3.67. The number of piperazine rings is 1. The monoisotopic (exact) mass is 397 g/mol. The SMILES string of the molecule is COc1ccc(OC)c(NC(=O)CCN2CCN(c3cccc(C)c3C)CC2)c1. The van der Waals surface area contributed by atoms with Gasteiger partial charge in [-0.2, -0.15) is 0 Å². The number of benzene rings is 2. The number of nitrogens with one attached hydrogen (secondary N) is 1. The Bertz CT molecular complexity index is 845. The quantitative estimate of drug-likeness (QED) is 0.775. The van der Waals surface area contributed by atoms with Gasteiger partial charge in [0.05, 0.1) is 19.9 Å². The van der Waals surface area contributed by atoms with Crippen LogP contribution in [0.4, 0.5) is 11.4 Å². The summed E-state index contributed by atoms with van der Waals surface area (Å²) >= 11 is 0. The lowest BCUT2D eigenvalue weighted by Crippen LogP contribution is -2.47. The van der Waals surface area contributed by atoms with Crippen LogP contribution in [0, 0.1) is 13.8 Å². The van der Waals surface area contributed by atoms with E-state index in [2.05, 4.69) is 47.2 Å². The molecular weight excluding hydrogens is 366 g/mol. The number of carbonyl (C=O) groups excluding carboxylic acids is 1. The summed E-state index contributed by atoms with van der Waals surface area (Å²) in [5.74, 6) is 1.29. The maximum Gasteiger partial charge on any atom is 0.225 e. The van der Waals surface area contributed by atoms with E-state index in [0.29, 0.717) is 23.6 Å². The molecule has 1 N–H and O–H groups in total. The molecule has 0 saturated carbocycles. The highest BCUT2D eigenvalue weighted by Crippen LogP contribution is 2.29. The average Bonchev–Trinajstić information content (AvgIpc) is 2.74. The van der Waals surface area contributed by atoms with E-state index in [1.54, 1.807) is 26.4 Å². The van der Waals surface area contributed by atoms with Crippen LogP contribution in [0.2, 0.25) is 0 Å². The Morgan fingerprint density at radius 3 is 2.48 bits per heavy atom. The van der Waals surface area contributed by atoms with E-state index >= 15 is 0 Å². The Morgan fingerprint density at radius 1 is 1.03 bits per heavy atom. The lowest BCUT2D eigenvalue weighted by atomic mass is 10.1. The number of nitrogens with zero attached hydrogens (tertiary/aromatic N) is 2. The molecule has 29 heavy (non-hydrogen) atoms. The van der Waals surface area contributed by atoms with Crippen LogP contribution >= 0.6 is 0 Å². The number of aryl methyl sites for hydroxylation is 1. The first-order chi connectivity index (χ1) is 14.0. The second-order valence-corrected chi connectivity index (χ2v) is 7.41. The molecule has 0 spiro atoms. The van der Waals surface area contributed by atoms with Crippen molar-refractivity contribution >= 4 is 17.3 Å². The molecule has 1 aliphatic rings. The van der Waals surface area contributed by atoms with Gasteiger partial charge in [-0.1, -0.05) is 12.1 Å². The molecule has 0 aliphatic carbocycles. The largest absolute Gasteiger partial charge is 0.497 e. The van der Waals surface area contributed by atoms with Crippen LogP contribution in [0.3, 0.4) is 0 Å². The van der Waals surface area contributed by atoms with Crippen LogP contribution in [0.5, 0.6) is 11.5 Å². The number of ether oxygens (including phenoxy) is 2. The molecule has 1 amide bonds. The van der Waals surface area contributed by atoms with Crippen LogP contribution in [-0.4, -0.2) is 57.8 Å². The van der Waals surface area contributed by atoms with Gasteiger partial charge in [0.15, 0.2) is 0 Å². The number of amides is 1. The summed E-state index contributed by atoms with van der Waals surface area (Å²) in [4.78, 5) is 17.2. The molecule has 0 bridgehead atoms. The van der Waals surface area contributed by atoms with Crippen molar-refractivity contribution in [3.05, 3.63) is 47.5 Å². The number of hydrogen-bond acceptors (Lipinski definition) is 5. The number of carbonyl (C=O) groups is 1. The van der Waals surface area contributed by atoms with Crippen LogP contribution in [-0.2, 0) is 4.79 Å². The van der Waals surface area contributed by atoms with Crippen LogP contribution in [0.25, 0.3) is 0 Å². The summed E-state index contributed by atoms with van der Waals surface area (Å²) in [6.07, 6.45) is 0.448. The van der Waals surface area contributed by atoms with Crippen molar-refractivity contribution in [2.45, 2.75) is 20.3 Å². The fraction of sp³-hybridized carbons (Fsp3) is 0.435. The summed E-state index contributed by atoms with van der Waals surface area (Å²) in [5, 5.41) is 2.94. The summed E-state index contributed by atoms with van der Waals surface area (Å²) in [5.41, 5.74) is 4.64. The second-order valence-electron chi connectivity index (χ2n) is 7.41. The Morgan fingerprint density at radius 2 is 1.79 bits per heavy atom. The smallest absolute Gasteiger partial charge is 0.225 e. The highest BCUT2D eigenvalue weighted by molar-refractivity contribution is 5.92. The van der Waals surface area contributed by atoms with Gasteiger partial charge in [0.1, 0.15) is 11.5 Å². The normalized spacial score (nSPS) is 14.6. The molecule has 0 radical (unpaired) electrons. The van der Waals surface area contributed by atoms with E-state index in [1.807, 2.05) is 6.07 Å². The average molecular weight is 398 g/mol. The van der Waals surface area contributed by atoms with Crippen molar-refractivity contribution in [3.8, 4) is 11.5 Å². The lowest BCUT2D eigenvalue weighted by molar-refractivity contribution is -0.116. The molecule has 2 aromatic carbocycles. The topological polar surface area (TPSA) is 54.0 Å². The molecule has 0 atom stereocenters. The lowest BCUT2D eigenvalue weighted by Gasteiger charge is -2.37. The fourth-order valence-corrected chi connectivity index (χ4v) is 3.67. The minimum Gasteiger partial charge on any atom is -0.497 e. The summed E-state index contributed by atoms with van der Waals surface area (Å²) in [7, 11) is 3.19. The molecule has 2 aromatic rings. The molecule has 1 saturated heterocycles. The molecule has 1 fully saturated rings. The van der Waals surface area contributed by atoms with Gasteiger partial charge in [-0.05, 0) is 43.2 Å². The third kappa shape index (κ3) is 5.21. The Labute approximate surface area is 173 Å². The molecule has 3 rings (SSSR count). The van der Waals surface area contributed by atoms with E-state index < -0.39 is 0 Å². The number of hydrogen-bond donors (Lipinski definition) is 1. The van der Waals surface area contributed by atoms with Crippen molar-refractivity contribution in [2.75, 3.05) is 57.2 Å². The van der Waals surface area contributed by atoms with Gasteiger partial charge in [0, 0.05) is 50.9 Å². The van der Waals surface area contributed by atoms with E-state index in [1.165, 1.54) is 16.8 Å². The third-order valence-corrected chi connectivity index (χ3v) is 5.62. The Balaban J connectivity index is 1.49. The van der Waals surface area contributed by atoms with Gasteiger partial charge in [-0.25, -0.2) is 0 Å². The van der Waals surface area contributed by atoms with Crippen molar-refractivity contribution in [1.29, 1.82) is 0 Å². The van der Waals surface area contributed by atoms with Crippen molar-refractivity contribution < 1.29 is 14.3 Å². The number of anilines is 2. The maximum atomic E-state index is 12.4. The van der Waals surface area contributed by atoms with Gasteiger partial charge < -0.3 is 19.7 Å². The Hall–Kier alpha value is -2.73. The molecule has 1 aliphatic heterocycles. The Kier molecular flexibility index (Phi) is 6.99. The third-order valence-electron chi connectivity index (χ3n) is 5.62. The maximum absolute atomic E-state index is 12.4. The molecule has 1 heterocycles. The minimum absolute atomic E-state index is 0.0199. The first kappa shape index (κ1) is 21.0. The van der Waals surface area contributed by atoms with Gasteiger partial charge >= 0.3 is 0 Å². The van der Waals surface area contributed by atoms with Gasteiger partial charge in [-0.15, -0.1) is 0 Å². The van der Waals surface area contributed by atoms with E-state index in [-0.39, 0.29) is 5.91 Å². The van der Waals surface area contributed by atoms with E-state index in [4.69, 9.17) is 9.47 Å². The molecule has 6 nitrogen and oxygen atoms in total. The zero-order chi connectivity index (χ0) is 20.8. The van der Waals surface area contributed by atoms with Crippen LogP contribution in [0.1, 0.15) is 17.5 Å². The first-order valence-corrected chi connectivity index (χ1v) is 10.1. The van der Waals surface area contributed by atoms with Gasteiger partial charge in [0.2, 0.25) is 5.91 Å². The number of rotatable bonds is 7. The van der Waals surface area contributed by atoms with E-state index in [0.717, 1.165) is 32.7 Å². The van der Waals surface area contributed by atoms with Crippen molar-refractivity contribution in [3.63, 3.8) is 0 Å². The van der Waals surface area contributed by atoms with Crippen molar-refractivity contribution in [1.82, 2.24) is 4.90 Å². The second kappa shape index (κ2) is 9.65. The number of methoxy groups -OCH3 is 2. The highest BCUT2D eigenvalue weighted by Gasteiger charge is 2.19. The van der Waals surface area contributed by atoms with Crippen LogP contribution in [0.15, 0.2) is 36.4 Å². The predicted molar refractivity (Wildman–Crippen MR) is 117 cm³/mol. The first-order valence-electron chi connectivity index (χ1n) is 10.1. The summed E-state index contributed by atoms with van der Waals surface area (Å²) in [6, 6.07) is 11.9. The standard InChI is InChI=1S/C23H31N3O3/c1-17-6-5-7-21(18(17)2)26-14-12-25(13-15-26)11-10-23(27)24-20-16-19(28-3)8-9-22(20)29-4/h5-9,16H,10-15H2,1-4H3,(H,24,27).